The fourth-order valence-electron chi connectivity index (χ4n) is 2.99. The minimum absolute atomic E-state index is 0.125. The van der Waals surface area contributed by atoms with Gasteiger partial charge in [-0.05, 0) is 35.6 Å². The van der Waals surface area contributed by atoms with Gasteiger partial charge in [0.1, 0.15) is 0 Å². The van der Waals surface area contributed by atoms with E-state index in [1.807, 2.05) is 36.4 Å². The van der Waals surface area contributed by atoms with Crippen molar-refractivity contribution in [1.82, 2.24) is 5.32 Å². The number of carbonyl (C=O) groups excluding carboxylic acids is 1. The summed E-state index contributed by atoms with van der Waals surface area (Å²) in [4.78, 5) is 12.3. The second kappa shape index (κ2) is 6.96. The number of para-hydroxylation sites is 1. The molecule has 0 heterocycles. The summed E-state index contributed by atoms with van der Waals surface area (Å²) in [5.74, 6) is 0.436. The lowest BCUT2D eigenvalue weighted by Gasteiger charge is -2.15. The van der Waals surface area contributed by atoms with Crippen molar-refractivity contribution in [1.29, 1.82) is 0 Å². The molecule has 2 amide bonds. The van der Waals surface area contributed by atoms with Crippen LogP contribution in [0.4, 0.5) is 10.5 Å². The van der Waals surface area contributed by atoms with Crippen LogP contribution >= 0.6 is 0 Å². The predicted molar refractivity (Wildman–Crippen MR) is 94.0 cm³/mol. The molecule has 0 unspecified atom stereocenters. The molecule has 2 aromatic rings. The summed E-state index contributed by atoms with van der Waals surface area (Å²) >= 11 is 0. The number of rotatable bonds is 4. The summed E-state index contributed by atoms with van der Waals surface area (Å²) in [6, 6.07) is 15.7. The maximum Gasteiger partial charge on any atom is 0.319 e. The number of hydrogen-bond acceptors (Lipinski definition) is 2. The normalized spacial score (nSPS) is 15.0. The van der Waals surface area contributed by atoms with E-state index in [1.54, 1.807) is 6.26 Å². The van der Waals surface area contributed by atoms with Gasteiger partial charge in [0, 0.05) is 28.8 Å². The van der Waals surface area contributed by atoms with Gasteiger partial charge in [-0.3, -0.25) is 4.21 Å². The standard InChI is InChI=1S/C18H20N2O2S/c1-23(22)12-15-8-4-5-9-17(15)20-18(21)19-16-10-13-6-2-3-7-14(13)11-16/h2-9,16H,10-12H2,1H3,(H2,19,20,21)/t23-/m0/s1. The molecule has 0 fully saturated rings. The highest BCUT2D eigenvalue weighted by Gasteiger charge is 2.22. The van der Waals surface area contributed by atoms with Crippen molar-refractivity contribution in [2.24, 2.45) is 0 Å². The highest BCUT2D eigenvalue weighted by Crippen LogP contribution is 2.22. The van der Waals surface area contributed by atoms with Gasteiger partial charge in [-0.1, -0.05) is 42.5 Å². The van der Waals surface area contributed by atoms with Crippen LogP contribution < -0.4 is 10.6 Å². The second-order valence-electron chi connectivity index (χ2n) is 5.85. The second-order valence-corrected chi connectivity index (χ2v) is 7.28. The van der Waals surface area contributed by atoms with E-state index in [2.05, 4.69) is 22.8 Å². The van der Waals surface area contributed by atoms with Crippen LogP contribution in [0.25, 0.3) is 0 Å². The largest absolute Gasteiger partial charge is 0.334 e. The van der Waals surface area contributed by atoms with E-state index in [1.165, 1.54) is 11.1 Å². The van der Waals surface area contributed by atoms with Crippen molar-refractivity contribution in [3.05, 3.63) is 65.2 Å². The number of carbonyl (C=O) groups is 1. The van der Waals surface area contributed by atoms with E-state index in [-0.39, 0.29) is 12.1 Å². The first-order valence-electron chi connectivity index (χ1n) is 7.64. The minimum atomic E-state index is -0.944. The Bertz CT molecular complexity index is 720. The molecule has 0 radical (unpaired) electrons. The molecule has 1 aliphatic rings. The highest BCUT2D eigenvalue weighted by atomic mass is 32.2. The van der Waals surface area contributed by atoms with Gasteiger partial charge in [0.15, 0.2) is 0 Å². The number of nitrogens with one attached hydrogen (secondary N) is 2. The number of amides is 2. The lowest BCUT2D eigenvalue weighted by Crippen LogP contribution is -2.38. The fourth-order valence-corrected chi connectivity index (χ4v) is 3.68. The van der Waals surface area contributed by atoms with Gasteiger partial charge in [0.2, 0.25) is 0 Å². The Kier molecular flexibility index (Phi) is 4.76. The number of urea groups is 1. The molecule has 5 heteroatoms. The fraction of sp³-hybridized carbons (Fsp3) is 0.278. The molecule has 0 bridgehead atoms. The topological polar surface area (TPSA) is 58.2 Å². The van der Waals surface area contributed by atoms with Crippen LogP contribution in [0.3, 0.4) is 0 Å². The Morgan fingerprint density at radius 3 is 2.35 bits per heavy atom. The molecule has 0 saturated heterocycles. The molecule has 4 nitrogen and oxygen atoms in total. The summed E-state index contributed by atoms with van der Waals surface area (Å²) in [6.07, 6.45) is 3.39. The Labute approximate surface area is 138 Å². The summed E-state index contributed by atoms with van der Waals surface area (Å²) in [6.45, 7) is 0. The predicted octanol–water partition coefficient (Wildman–Crippen LogP) is 2.85. The molecule has 1 atom stereocenters. The summed E-state index contributed by atoms with van der Waals surface area (Å²) < 4.78 is 11.4. The van der Waals surface area contributed by atoms with Crippen LogP contribution in [0.2, 0.25) is 0 Å². The third-order valence-corrected chi connectivity index (χ3v) is 4.73. The molecule has 0 aromatic heterocycles. The zero-order valence-corrected chi connectivity index (χ0v) is 13.9. The number of hydrogen-bond donors (Lipinski definition) is 2. The van der Waals surface area contributed by atoms with Gasteiger partial charge in [0.25, 0.3) is 0 Å². The minimum Gasteiger partial charge on any atom is -0.334 e. The van der Waals surface area contributed by atoms with Crippen molar-refractivity contribution >= 4 is 22.5 Å². The third-order valence-electron chi connectivity index (χ3n) is 4.01. The van der Waals surface area contributed by atoms with Crippen molar-refractivity contribution in [3.8, 4) is 0 Å². The summed E-state index contributed by atoms with van der Waals surface area (Å²) in [5, 5.41) is 5.91. The van der Waals surface area contributed by atoms with E-state index >= 15 is 0 Å². The van der Waals surface area contributed by atoms with E-state index in [9.17, 15) is 9.00 Å². The van der Waals surface area contributed by atoms with Crippen LogP contribution in [-0.4, -0.2) is 22.5 Å². The molecular weight excluding hydrogens is 308 g/mol. The molecule has 23 heavy (non-hydrogen) atoms. The molecule has 2 aromatic carbocycles. The quantitative estimate of drug-likeness (QED) is 0.907. The van der Waals surface area contributed by atoms with Gasteiger partial charge >= 0.3 is 6.03 Å². The van der Waals surface area contributed by atoms with E-state index in [4.69, 9.17) is 0 Å². The molecule has 1 aliphatic carbocycles. The molecule has 0 saturated carbocycles. The van der Waals surface area contributed by atoms with Crippen molar-refractivity contribution in [2.45, 2.75) is 24.6 Å². The Morgan fingerprint density at radius 1 is 1.09 bits per heavy atom. The van der Waals surface area contributed by atoms with Gasteiger partial charge in [-0.2, -0.15) is 0 Å². The maximum absolute atomic E-state index is 12.3. The molecular formula is C18H20N2O2S. The van der Waals surface area contributed by atoms with Gasteiger partial charge < -0.3 is 10.6 Å². The summed E-state index contributed by atoms with van der Waals surface area (Å²) in [7, 11) is -0.944. The van der Waals surface area contributed by atoms with Gasteiger partial charge in [-0.15, -0.1) is 0 Å². The average Bonchev–Trinajstić information content (AvgIpc) is 2.90. The molecule has 2 N–H and O–H groups in total. The van der Waals surface area contributed by atoms with Crippen molar-refractivity contribution in [3.63, 3.8) is 0 Å². The average molecular weight is 328 g/mol. The molecule has 0 aliphatic heterocycles. The molecule has 120 valence electrons. The van der Waals surface area contributed by atoms with Gasteiger partial charge in [-0.25, -0.2) is 4.79 Å². The smallest absolute Gasteiger partial charge is 0.319 e. The lowest BCUT2D eigenvalue weighted by molar-refractivity contribution is 0.249. The first-order valence-corrected chi connectivity index (χ1v) is 9.37. The van der Waals surface area contributed by atoms with E-state index in [0.717, 1.165) is 24.1 Å². The highest BCUT2D eigenvalue weighted by molar-refractivity contribution is 7.83. The van der Waals surface area contributed by atoms with Crippen LogP contribution in [0.1, 0.15) is 16.7 Å². The lowest BCUT2D eigenvalue weighted by atomic mass is 10.1. The number of fused-ring (bicyclic) bond motifs is 1. The number of benzene rings is 2. The first-order chi connectivity index (χ1) is 11.1. The molecule has 3 rings (SSSR count). The van der Waals surface area contributed by atoms with E-state index < -0.39 is 10.8 Å². The zero-order valence-electron chi connectivity index (χ0n) is 13.0. The Morgan fingerprint density at radius 2 is 1.70 bits per heavy atom. The van der Waals surface area contributed by atoms with Gasteiger partial charge in [0.05, 0.1) is 5.75 Å². The Hall–Kier alpha value is -2.14. The SMILES string of the molecule is C[S@](=O)Cc1ccccc1NC(=O)NC1Cc2ccccc2C1. The van der Waals surface area contributed by atoms with Crippen LogP contribution in [-0.2, 0) is 29.4 Å². The van der Waals surface area contributed by atoms with Crippen LogP contribution in [0.5, 0.6) is 0 Å². The van der Waals surface area contributed by atoms with Crippen molar-refractivity contribution in [2.75, 3.05) is 11.6 Å². The first kappa shape index (κ1) is 15.7. The van der Waals surface area contributed by atoms with Crippen LogP contribution in [0.15, 0.2) is 48.5 Å². The zero-order chi connectivity index (χ0) is 16.2. The van der Waals surface area contributed by atoms with Crippen molar-refractivity contribution < 1.29 is 9.00 Å². The third kappa shape index (κ3) is 3.99. The van der Waals surface area contributed by atoms with Crippen LogP contribution in [0, 0.1) is 0 Å². The number of anilines is 1. The monoisotopic (exact) mass is 328 g/mol. The molecule has 0 spiro atoms. The Balaban J connectivity index is 1.62. The van der Waals surface area contributed by atoms with E-state index in [0.29, 0.717) is 5.75 Å². The maximum atomic E-state index is 12.3. The summed E-state index contributed by atoms with van der Waals surface area (Å²) in [5.41, 5.74) is 4.22.